The van der Waals surface area contributed by atoms with Crippen LogP contribution in [0, 0.1) is 17.7 Å². The van der Waals surface area contributed by atoms with Gasteiger partial charge in [0.2, 0.25) is 0 Å². The average Bonchev–Trinajstić information content (AvgIpc) is 2.96. The third-order valence-corrected chi connectivity index (χ3v) is 2.79. The highest BCUT2D eigenvalue weighted by Gasteiger charge is 1.99. The summed E-state index contributed by atoms with van der Waals surface area (Å²) in [7, 11) is 0. The first-order valence-electron chi connectivity index (χ1n) is 6.20. The van der Waals surface area contributed by atoms with Gasteiger partial charge in [0.05, 0.1) is 5.69 Å². The summed E-state index contributed by atoms with van der Waals surface area (Å²) in [5.74, 6) is 5.80. The van der Waals surface area contributed by atoms with E-state index < -0.39 is 0 Å². The summed E-state index contributed by atoms with van der Waals surface area (Å²) in [5, 5.41) is 4.35. The Bertz CT molecular complexity index is 762. The van der Waals surface area contributed by atoms with Crippen molar-refractivity contribution >= 4 is 0 Å². The third-order valence-electron chi connectivity index (χ3n) is 2.79. The van der Waals surface area contributed by atoms with Crippen molar-refractivity contribution in [2.24, 2.45) is 0 Å². The standard InChI is InChI=1S/C17H11FN2/c18-15-7-10-17(11-8-15)20-13-12-16(19-20)9-6-14-4-2-1-3-5-14/h1-5,7-8,10-13H. The maximum absolute atomic E-state index is 12.9. The molecule has 0 radical (unpaired) electrons. The molecule has 0 amide bonds. The SMILES string of the molecule is Fc1ccc(-n2ccc(C#Cc3ccccc3)n2)cc1. The summed E-state index contributed by atoms with van der Waals surface area (Å²) in [6.07, 6.45) is 1.81. The number of benzene rings is 2. The molecule has 0 bridgehead atoms. The van der Waals surface area contributed by atoms with Crippen molar-refractivity contribution < 1.29 is 4.39 Å². The molecule has 0 aliphatic carbocycles. The van der Waals surface area contributed by atoms with Gasteiger partial charge in [0.1, 0.15) is 11.5 Å². The second-order valence-corrected chi connectivity index (χ2v) is 4.24. The van der Waals surface area contributed by atoms with Gasteiger partial charge < -0.3 is 0 Å². The first-order valence-corrected chi connectivity index (χ1v) is 6.20. The average molecular weight is 262 g/mol. The van der Waals surface area contributed by atoms with Crippen LogP contribution in [-0.4, -0.2) is 9.78 Å². The van der Waals surface area contributed by atoms with Crippen molar-refractivity contribution in [3.05, 3.63) is 83.9 Å². The van der Waals surface area contributed by atoms with E-state index in [4.69, 9.17) is 0 Å². The molecule has 3 heteroatoms. The fraction of sp³-hybridized carbons (Fsp3) is 0. The van der Waals surface area contributed by atoms with Gasteiger partial charge in [-0.3, -0.25) is 0 Å². The summed E-state index contributed by atoms with van der Waals surface area (Å²) in [4.78, 5) is 0. The van der Waals surface area contributed by atoms with Gasteiger partial charge in [0.25, 0.3) is 0 Å². The molecule has 0 saturated carbocycles. The fourth-order valence-corrected chi connectivity index (χ4v) is 1.79. The monoisotopic (exact) mass is 262 g/mol. The van der Waals surface area contributed by atoms with E-state index in [0.29, 0.717) is 5.69 Å². The number of hydrogen-bond donors (Lipinski definition) is 0. The summed E-state index contributed by atoms with van der Waals surface area (Å²) in [5.41, 5.74) is 2.43. The van der Waals surface area contributed by atoms with Crippen LogP contribution in [0.3, 0.4) is 0 Å². The van der Waals surface area contributed by atoms with Crippen LogP contribution in [0.5, 0.6) is 0 Å². The highest BCUT2D eigenvalue weighted by molar-refractivity contribution is 5.40. The van der Waals surface area contributed by atoms with Crippen LogP contribution < -0.4 is 0 Å². The molecule has 3 rings (SSSR count). The van der Waals surface area contributed by atoms with Crippen LogP contribution in [0.2, 0.25) is 0 Å². The Balaban J connectivity index is 1.84. The van der Waals surface area contributed by atoms with Gasteiger partial charge in [-0.05, 0) is 48.4 Å². The Labute approximate surface area is 116 Å². The zero-order valence-electron chi connectivity index (χ0n) is 10.6. The Kier molecular flexibility index (Phi) is 3.30. The van der Waals surface area contributed by atoms with E-state index in [1.165, 1.54) is 12.1 Å². The number of halogens is 1. The van der Waals surface area contributed by atoms with E-state index >= 15 is 0 Å². The summed E-state index contributed by atoms with van der Waals surface area (Å²) < 4.78 is 14.5. The Morgan fingerprint density at radius 1 is 0.850 bits per heavy atom. The summed E-state index contributed by atoms with van der Waals surface area (Å²) in [6, 6.07) is 17.7. The minimum atomic E-state index is -0.259. The molecule has 2 aromatic carbocycles. The lowest BCUT2D eigenvalue weighted by Crippen LogP contribution is -1.94. The van der Waals surface area contributed by atoms with Crippen LogP contribution in [0.1, 0.15) is 11.3 Å². The van der Waals surface area contributed by atoms with Crippen molar-refractivity contribution in [1.82, 2.24) is 9.78 Å². The van der Waals surface area contributed by atoms with Crippen molar-refractivity contribution in [3.63, 3.8) is 0 Å². The van der Waals surface area contributed by atoms with Gasteiger partial charge in [0.15, 0.2) is 0 Å². The maximum Gasteiger partial charge on any atom is 0.136 e. The van der Waals surface area contributed by atoms with Crippen LogP contribution in [0.25, 0.3) is 5.69 Å². The van der Waals surface area contributed by atoms with Crippen molar-refractivity contribution in [1.29, 1.82) is 0 Å². The van der Waals surface area contributed by atoms with Gasteiger partial charge in [-0.25, -0.2) is 9.07 Å². The zero-order chi connectivity index (χ0) is 13.8. The molecule has 20 heavy (non-hydrogen) atoms. The van der Waals surface area contributed by atoms with E-state index in [9.17, 15) is 4.39 Å². The molecule has 0 N–H and O–H groups in total. The first-order chi connectivity index (χ1) is 9.81. The number of aromatic nitrogens is 2. The van der Waals surface area contributed by atoms with E-state index in [2.05, 4.69) is 16.9 Å². The van der Waals surface area contributed by atoms with Gasteiger partial charge in [-0.15, -0.1) is 0 Å². The zero-order valence-corrected chi connectivity index (χ0v) is 10.6. The van der Waals surface area contributed by atoms with E-state index in [1.807, 2.05) is 42.6 Å². The highest BCUT2D eigenvalue weighted by atomic mass is 19.1. The molecule has 96 valence electrons. The molecule has 0 spiro atoms. The van der Waals surface area contributed by atoms with E-state index in [0.717, 1.165) is 11.3 Å². The molecule has 0 fully saturated rings. The fourth-order valence-electron chi connectivity index (χ4n) is 1.79. The second kappa shape index (κ2) is 5.41. The van der Waals surface area contributed by atoms with Crippen LogP contribution in [0.15, 0.2) is 66.9 Å². The molecule has 0 aliphatic heterocycles. The minimum Gasteiger partial charge on any atom is -0.240 e. The molecule has 0 atom stereocenters. The summed E-state index contributed by atoms with van der Waals surface area (Å²) >= 11 is 0. The second-order valence-electron chi connectivity index (χ2n) is 4.24. The number of rotatable bonds is 1. The normalized spacial score (nSPS) is 9.85. The molecule has 0 aliphatic rings. The van der Waals surface area contributed by atoms with E-state index in [-0.39, 0.29) is 5.82 Å². The lowest BCUT2D eigenvalue weighted by molar-refractivity contribution is 0.627. The lowest BCUT2D eigenvalue weighted by Gasteiger charge is -1.99. The maximum atomic E-state index is 12.9. The predicted molar refractivity (Wildman–Crippen MR) is 75.9 cm³/mol. The van der Waals surface area contributed by atoms with Crippen molar-refractivity contribution in [2.45, 2.75) is 0 Å². The smallest absolute Gasteiger partial charge is 0.136 e. The highest BCUT2D eigenvalue weighted by Crippen LogP contribution is 2.08. The molecule has 2 nitrogen and oxygen atoms in total. The van der Waals surface area contributed by atoms with Gasteiger partial charge in [-0.2, -0.15) is 5.10 Å². The van der Waals surface area contributed by atoms with Crippen LogP contribution in [-0.2, 0) is 0 Å². The third kappa shape index (κ3) is 2.76. The Hall–Kier alpha value is -2.86. The molecule has 1 heterocycles. The van der Waals surface area contributed by atoms with E-state index in [1.54, 1.807) is 16.8 Å². The Morgan fingerprint density at radius 2 is 1.60 bits per heavy atom. The van der Waals surface area contributed by atoms with Crippen molar-refractivity contribution in [2.75, 3.05) is 0 Å². The van der Waals surface area contributed by atoms with Gasteiger partial charge >= 0.3 is 0 Å². The van der Waals surface area contributed by atoms with Crippen molar-refractivity contribution in [3.8, 4) is 17.5 Å². The van der Waals surface area contributed by atoms with Gasteiger partial charge in [-0.1, -0.05) is 24.1 Å². The molecular formula is C17H11FN2. The number of nitrogens with zero attached hydrogens (tertiary/aromatic N) is 2. The minimum absolute atomic E-state index is 0.259. The van der Waals surface area contributed by atoms with Crippen LogP contribution >= 0.6 is 0 Å². The molecule has 1 aromatic heterocycles. The lowest BCUT2D eigenvalue weighted by atomic mass is 10.2. The number of hydrogen-bond acceptors (Lipinski definition) is 1. The first kappa shape index (κ1) is 12.2. The molecular weight excluding hydrogens is 251 g/mol. The summed E-state index contributed by atoms with van der Waals surface area (Å²) in [6.45, 7) is 0. The van der Waals surface area contributed by atoms with Gasteiger partial charge in [0, 0.05) is 11.8 Å². The largest absolute Gasteiger partial charge is 0.240 e. The molecule has 0 unspecified atom stereocenters. The quantitative estimate of drug-likeness (QED) is 0.614. The molecule has 0 saturated heterocycles. The predicted octanol–water partition coefficient (Wildman–Crippen LogP) is 3.41. The topological polar surface area (TPSA) is 17.8 Å². The Morgan fingerprint density at radius 3 is 2.35 bits per heavy atom. The molecule has 3 aromatic rings. The van der Waals surface area contributed by atoms with Crippen LogP contribution in [0.4, 0.5) is 4.39 Å².